The zero-order chi connectivity index (χ0) is 13.2. The predicted molar refractivity (Wildman–Crippen MR) is 83.9 cm³/mol. The molecule has 2 aromatic rings. The van der Waals surface area contributed by atoms with Gasteiger partial charge in [0.15, 0.2) is 0 Å². The van der Waals surface area contributed by atoms with Gasteiger partial charge in [-0.3, -0.25) is 0 Å². The maximum Gasteiger partial charge on any atom is 0.0469 e. The van der Waals surface area contributed by atoms with Gasteiger partial charge < -0.3 is 4.74 Å². The molecule has 19 heavy (non-hydrogen) atoms. The minimum atomic E-state index is 0.433. The molecule has 0 radical (unpaired) electrons. The molecule has 0 aromatic heterocycles. The summed E-state index contributed by atoms with van der Waals surface area (Å²) in [6.07, 6.45) is 2.30. The molecule has 1 nitrogen and oxygen atoms in total. The molecule has 1 aliphatic rings. The number of alkyl halides is 1. The highest BCUT2D eigenvalue weighted by molar-refractivity contribution is 9.09. The van der Waals surface area contributed by atoms with Crippen molar-refractivity contribution in [3.63, 3.8) is 0 Å². The molecule has 1 atom stereocenters. The SMILES string of the molecule is Cc1ccc2ccccc2c1C(Br)C1CCOCC1. The molecule has 1 aliphatic heterocycles. The van der Waals surface area contributed by atoms with Gasteiger partial charge in [0.1, 0.15) is 0 Å². The van der Waals surface area contributed by atoms with E-state index in [0.717, 1.165) is 26.1 Å². The lowest BCUT2D eigenvalue weighted by atomic mass is 9.87. The van der Waals surface area contributed by atoms with Crippen LogP contribution < -0.4 is 0 Å². The van der Waals surface area contributed by atoms with Crippen molar-refractivity contribution in [2.24, 2.45) is 5.92 Å². The second-order valence-corrected chi connectivity index (χ2v) is 6.36. The van der Waals surface area contributed by atoms with Crippen LogP contribution in [0.15, 0.2) is 36.4 Å². The summed E-state index contributed by atoms with van der Waals surface area (Å²) in [5.41, 5.74) is 2.84. The van der Waals surface area contributed by atoms with Crippen molar-refractivity contribution >= 4 is 26.7 Å². The van der Waals surface area contributed by atoms with Gasteiger partial charge >= 0.3 is 0 Å². The first kappa shape index (κ1) is 13.1. The topological polar surface area (TPSA) is 9.23 Å². The fraction of sp³-hybridized carbons (Fsp3) is 0.412. The van der Waals surface area contributed by atoms with E-state index in [1.165, 1.54) is 21.9 Å². The Kier molecular flexibility index (Phi) is 3.90. The molecule has 0 amide bonds. The van der Waals surface area contributed by atoms with Crippen molar-refractivity contribution in [2.45, 2.75) is 24.6 Å². The van der Waals surface area contributed by atoms with Crippen molar-refractivity contribution in [3.05, 3.63) is 47.5 Å². The third-order valence-corrected chi connectivity index (χ3v) is 5.35. The Labute approximate surface area is 123 Å². The van der Waals surface area contributed by atoms with Gasteiger partial charge in [0.05, 0.1) is 0 Å². The summed E-state index contributed by atoms with van der Waals surface area (Å²) in [4.78, 5) is 0.433. The van der Waals surface area contributed by atoms with Crippen LogP contribution in [0.3, 0.4) is 0 Å². The summed E-state index contributed by atoms with van der Waals surface area (Å²) in [6.45, 7) is 4.02. The molecule has 2 aromatic carbocycles. The van der Waals surface area contributed by atoms with Gasteiger partial charge in [-0.1, -0.05) is 52.3 Å². The second kappa shape index (κ2) is 5.64. The smallest absolute Gasteiger partial charge is 0.0469 e. The molecule has 1 unspecified atom stereocenters. The Balaban J connectivity index is 2.05. The maximum atomic E-state index is 5.48. The van der Waals surface area contributed by atoms with Gasteiger partial charge in [-0.15, -0.1) is 0 Å². The molecular weight excluding hydrogens is 300 g/mol. The van der Waals surface area contributed by atoms with Gasteiger partial charge in [-0.2, -0.15) is 0 Å². The van der Waals surface area contributed by atoms with E-state index in [2.05, 4.69) is 59.3 Å². The zero-order valence-electron chi connectivity index (χ0n) is 11.2. The Morgan fingerprint density at radius 3 is 2.63 bits per heavy atom. The molecule has 2 heteroatoms. The fourth-order valence-electron chi connectivity index (χ4n) is 3.01. The summed E-state index contributed by atoms with van der Waals surface area (Å²) in [5.74, 6) is 0.679. The van der Waals surface area contributed by atoms with Crippen LogP contribution in [-0.4, -0.2) is 13.2 Å². The number of hydrogen-bond acceptors (Lipinski definition) is 1. The molecular formula is C17H19BrO. The Morgan fingerprint density at radius 1 is 1.11 bits per heavy atom. The van der Waals surface area contributed by atoms with Crippen LogP contribution in [-0.2, 0) is 4.74 Å². The average molecular weight is 319 g/mol. The summed E-state index contributed by atoms with van der Waals surface area (Å²) in [7, 11) is 0. The van der Waals surface area contributed by atoms with E-state index in [0.29, 0.717) is 10.7 Å². The van der Waals surface area contributed by atoms with Crippen LogP contribution in [0.2, 0.25) is 0 Å². The van der Waals surface area contributed by atoms with Crippen LogP contribution in [0.4, 0.5) is 0 Å². The van der Waals surface area contributed by atoms with Crippen LogP contribution in [0.1, 0.15) is 28.8 Å². The Morgan fingerprint density at radius 2 is 1.84 bits per heavy atom. The average Bonchev–Trinajstić information content (AvgIpc) is 2.47. The number of ether oxygens (including phenoxy) is 1. The number of benzene rings is 2. The highest BCUT2D eigenvalue weighted by atomic mass is 79.9. The number of hydrogen-bond donors (Lipinski definition) is 0. The van der Waals surface area contributed by atoms with Crippen LogP contribution in [0, 0.1) is 12.8 Å². The molecule has 0 N–H and O–H groups in total. The lowest BCUT2D eigenvalue weighted by molar-refractivity contribution is 0.0662. The molecule has 1 heterocycles. The van der Waals surface area contributed by atoms with E-state index in [1.807, 2.05) is 0 Å². The van der Waals surface area contributed by atoms with Crippen molar-refractivity contribution in [1.29, 1.82) is 0 Å². The van der Waals surface area contributed by atoms with Crippen molar-refractivity contribution < 1.29 is 4.74 Å². The fourth-order valence-corrected chi connectivity index (χ4v) is 4.15. The van der Waals surface area contributed by atoms with Crippen molar-refractivity contribution in [2.75, 3.05) is 13.2 Å². The van der Waals surface area contributed by atoms with Crippen LogP contribution in [0.5, 0.6) is 0 Å². The van der Waals surface area contributed by atoms with Gasteiger partial charge in [0, 0.05) is 18.0 Å². The minimum absolute atomic E-state index is 0.433. The van der Waals surface area contributed by atoms with Gasteiger partial charge in [-0.05, 0) is 47.6 Å². The van der Waals surface area contributed by atoms with Crippen molar-refractivity contribution in [3.8, 4) is 0 Å². The van der Waals surface area contributed by atoms with Gasteiger partial charge in [0.25, 0.3) is 0 Å². The highest BCUT2D eigenvalue weighted by Gasteiger charge is 2.25. The quantitative estimate of drug-likeness (QED) is 0.707. The van der Waals surface area contributed by atoms with E-state index in [1.54, 1.807) is 0 Å². The lowest BCUT2D eigenvalue weighted by Crippen LogP contribution is -2.19. The number of rotatable bonds is 2. The summed E-state index contributed by atoms with van der Waals surface area (Å²) in [5, 5.41) is 2.72. The standard InChI is InChI=1S/C17H19BrO/c1-12-6-7-13-4-2-3-5-15(13)16(12)17(18)14-8-10-19-11-9-14/h2-7,14,17H,8-11H2,1H3. The number of fused-ring (bicyclic) bond motifs is 1. The summed E-state index contributed by atoms with van der Waals surface area (Å²) in [6, 6.07) is 13.1. The molecule has 3 rings (SSSR count). The Bertz CT molecular complexity index is 572. The second-order valence-electron chi connectivity index (χ2n) is 5.37. The molecule has 100 valence electrons. The van der Waals surface area contributed by atoms with Gasteiger partial charge in [0.2, 0.25) is 0 Å². The Hall–Kier alpha value is -0.860. The van der Waals surface area contributed by atoms with E-state index >= 15 is 0 Å². The summed E-state index contributed by atoms with van der Waals surface area (Å²) < 4.78 is 5.48. The van der Waals surface area contributed by atoms with E-state index < -0.39 is 0 Å². The highest BCUT2D eigenvalue weighted by Crippen LogP contribution is 2.41. The largest absolute Gasteiger partial charge is 0.381 e. The molecule has 0 bridgehead atoms. The number of halogens is 1. The van der Waals surface area contributed by atoms with Crippen molar-refractivity contribution in [1.82, 2.24) is 0 Å². The first-order valence-corrected chi connectivity index (χ1v) is 7.89. The number of aryl methyl sites for hydroxylation is 1. The molecule has 0 saturated carbocycles. The maximum absolute atomic E-state index is 5.48. The zero-order valence-corrected chi connectivity index (χ0v) is 12.8. The third-order valence-electron chi connectivity index (χ3n) is 4.14. The lowest BCUT2D eigenvalue weighted by Gasteiger charge is -2.28. The molecule has 0 spiro atoms. The normalized spacial score (nSPS) is 18.6. The van der Waals surface area contributed by atoms with Crippen LogP contribution in [0.25, 0.3) is 10.8 Å². The first-order valence-electron chi connectivity index (χ1n) is 6.97. The van der Waals surface area contributed by atoms with Gasteiger partial charge in [-0.25, -0.2) is 0 Å². The minimum Gasteiger partial charge on any atom is -0.381 e. The summed E-state index contributed by atoms with van der Waals surface area (Å²) >= 11 is 3.96. The van der Waals surface area contributed by atoms with Crippen LogP contribution >= 0.6 is 15.9 Å². The van der Waals surface area contributed by atoms with E-state index in [9.17, 15) is 0 Å². The van der Waals surface area contributed by atoms with E-state index in [4.69, 9.17) is 4.74 Å². The predicted octanol–water partition coefficient (Wildman–Crippen LogP) is 5.01. The molecule has 1 saturated heterocycles. The molecule has 0 aliphatic carbocycles. The third kappa shape index (κ3) is 2.56. The van der Waals surface area contributed by atoms with E-state index in [-0.39, 0.29) is 0 Å². The molecule has 1 fully saturated rings. The first-order chi connectivity index (χ1) is 9.27. The monoisotopic (exact) mass is 318 g/mol.